The zero-order valence-electron chi connectivity index (χ0n) is 20.2. The molecule has 4 aromatic rings. The summed E-state index contributed by atoms with van der Waals surface area (Å²) in [5.74, 6) is 2.30. The highest BCUT2D eigenvalue weighted by Crippen LogP contribution is 2.21. The van der Waals surface area contributed by atoms with Crippen molar-refractivity contribution in [2.24, 2.45) is 0 Å². The summed E-state index contributed by atoms with van der Waals surface area (Å²) in [6.07, 6.45) is -1.55. The molecule has 9 heteroatoms. The molecule has 9 nitrogen and oxygen atoms in total. The Morgan fingerprint density at radius 3 is 0.811 bits per heavy atom. The predicted molar refractivity (Wildman–Crippen MR) is 144 cm³/mol. The number of hydrogen-bond donors (Lipinski definition) is 4. The van der Waals surface area contributed by atoms with Crippen LogP contribution in [0.1, 0.15) is 0 Å². The first-order valence-electron chi connectivity index (χ1n) is 11.6. The van der Waals surface area contributed by atoms with E-state index in [0.717, 1.165) is 0 Å². The van der Waals surface area contributed by atoms with E-state index in [-0.39, 0.29) is 13.2 Å². The molecule has 0 saturated carbocycles. The molecule has 0 radical (unpaired) electrons. The van der Waals surface area contributed by atoms with Gasteiger partial charge in [0.15, 0.2) is 0 Å². The van der Waals surface area contributed by atoms with Gasteiger partial charge in [-0.25, -0.2) is 0 Å². The van der Waals surface area contributed by atoms with Crippen molar-refractivity contribution < 1.29 is 23.7 Å². The van der Waals surface area contributed by atoms with Gasteiger partial charge in [-0.05, 0) is 97.1 Å². The smallest absolute Gasteiger partial charge is 0.264 e. The molecular formula is C28H30N4O5. The van der Waals surface area contributed by atoms with E-state index in [1.165, 1.54) is 0 Å². The number of nitrogens with two attached hydrogens (primary N) is 4. The Morgan fingerprint density at radius 2 is 0.595 bits per heavy atom. The molecular weight excluding hydrogens is 472 g/mol. The molecule has 0 aromatic heterocycles. The third kappa shape index (κ3) is 8.15. The van der Waals surface area contributed by atoms with Crippen molar-refractivity contribution in [2.45, 2.75) is 12.6 Å². The van der Waals surface area contributed by atoms with Crippen molar-refractivity contribution in [3.05, 3.63) is 97.1 Å². The fourth-order valence-corrected chi connectivity index (χ4v) is 3.24. The summed E-state index contributed by atoms with van der Waals surface area (Å²) in [6.45, 7) is 0.142. The van der Waals surface area contributed by atoms with E-state index in [1.54, 1.807) is 97.1 Å². The molecule has 4 aromatic carbocycles. The minimum absolute atomic E-state index is 0.0709. The molecule has 0 heterocycles. The van der Waals surface area contributed by atoms with Crippen LogP contribution >= 0.6 is 0 Å². The highest BCUT2D eigenvalue weighted by molar-refractivity contribution is 5.44. The maximum absolute atomic E-state index is 6.00. The Balaban J connectivity index is 1.43. The highest BCUT2D eigenvalue weighted by Gasteiger charge is 2.18. The number of nitrogen functional groups attached to an aromatic ring is 4. The first-order valence-corrected chi connectivity index (χ1v) is 11.6. The predicted octanol–water partition coefficient (Wildman–Crippen LogP) is 4.30. The summed E-state index contributed by atoms with van der Waals surface area (Å²) in [4.78, 5) is 0. The van der Waals surface area contributed by atoms with E-state index in [0.29, 0.717) is 45.7 Å². The highest BCUT2D eigenvalue weighted by atomic mass is 16.7. The first-order chi connectivity index (χ1) is 17.9. The number of ether oxygens (including phenoxy) is 5. The molecule has 4 rings (SSSR count). The number of rotatable bonds is 12. The van der Waals surface area contributed by atoms with E-state index >= 15 is 0 Å². The van der Waals surface area contributed by atoms with Crippen LogP contribution in [0.3, 0.4) is 0 Å². The second kappa shape index (κ2) is 12.3. The maximum Gasteiger partial charge on any atom is 0.264 e. The van der Waals surface area contributed by atoms with Gasteiger partial charge in [0.2, 0.25) is 0 Å². The molecule has 0 amide bonds. The average molecular weight is 503 g/mol. The van der Waals surface area contributed by atoms with E-state index < -0.39 is 12.6 Å². The third-order valence-corrected chi connectivity index (χ3v) is 5.10. The van der Waals surface area contributed by atoms with Crippen LogP contribution in [0.15, 0.2) is 97.1 Å². The molecule has 0 fully saturated rings. The van der Waals surface area contributed by atoms with E-state index in [4.69, 9.17) is 46.6 Å². The van der Waals surface area contributed by atoms with Crippen LogP contribution in [0, 0.1) is 0 Å². The molecule has 0 aliphatic carbocycles. The molecule has 192 valence electrons. The van der Waals surface area contributed by atoms with Crippen molar-refractivity contribution >= 4 is 22.7 Å². The zero-order chi connectivity index (χ0) is 26.0. The van der Waals surface area contributed by atoms with Crippen LogP contribution in [0.4, 0.5) is 22.7 Å². The minimum Gasteiger partial charge on any atom is -0.452 e. The van der Waals surface area contributed by atoms with Crippen molar-refractivity contribution in [3.8, 4) is 23.0 Å². The standard InChI is InChI=1S/C28H30N4O5/c29-19-1-9-23(10-2-19)34-27(35-24-11-3-20(30)4-12-24)17-33-18-28(36-25-13-5-21(31)6-14-25)37-26-15-7-22(32)8-16-26/h1-16,27-28H,17-18,29-32H2. The van der Waals surface area contributed by atoms with Crippen molar-refractivity contribution in [3.63, 3.8) is 0 Å². The van der Waals surface area contributed by atoms with E-state index in [1.807, 2.05) is 0 Å². The maximum atomic E-state index is 6.00. The van der Waals surface area contributed by atoms with Gasteiger partial charge in [0.05, 0.1) is 0 Å². The van der Waals surface area contributed by atoms with Crippen molar-refractivity contribution in [1.82, 2.24) is 0 Å². The minimum atomic E-state index is -0.777. The second-order valence-corrected chi connectivity index (χ2v) is 8.14. The monoisotopic (exact) mass is 502 g/mol. The fraction of sp³-hybridized carbons (Fsp3) is 0.143. The first kappa shape index (κ1) is 25.3. The lowest BCUT2D eigenvalue weighted by molar-refractivity contribution is -0.105. The molecule has 0 spiro atoms. The van der Waals surface area contributed by atoms with Crippen LogP contribution in [0.5, 0.6) is 23.0 Å². The summed E-state index contributed by atoms with van der Waals surface area (Å²) in [5.41, 5.74) is 25.7. The van der Waals surface area contributed by atoms with Crippen LogP contribution in [-0.4, -0.2) is 25.8 Å². The van der Waals surface area contributed by atoms with Gasteiger partial charge in [-0.3, -0.25) is 0 Å². The number of anilines is 4. The van der Waals surface area contributed by atoms with E-state index in [9.17, 15) is 0 Å². The number of benzene rings is 4. The van der Waals surface area contributed by atoms with Crippen molar-refractivity contribution in [2.75, 3.05) is 36.1 Å². The molecule has 0 aliphatic rings. The third-order valence-electron chi connectivity index (χ3n) is 5.10. The SMILES string of the molecule is Nc1ccc(OC(COCC(Oc2ccc(N)cc2)Oc2ccc(N)cc2)Oc2ccc(N)cc2)cc1. The molecule has 8 N–H and O–H groups in total. The Kier molecular flexibility index (Phi) is 8.41. The molecule has 37 heavy (non-hydrogen) atoms. The lowest BCUT2D eigenvalue weighted by Gasteiger charge is -2.24. The quantitative estimate of drug-likeness (QED) is 0.164. The molecule has 0 unspecified atom stereocenters. The Hall–Kier alpha value is -4.76. The number of hydrogen-bond acceptors (Lipinski definition) is 9. The van der Waals surface area contributed by atoms with Crippen LogP contribution < -0.4 is 41.9 Å². The van der Waals surface area contributed by atoms with Gasteiger partial charge in [0.25, 0.3) is 12.6 Å². The van der Waals surface area contributed by atoms with Crippen LogP contribution in [0.25, 0.3) is 0 Å². The van der Waals surface area contributed by atoms with E-state index in [2.05, 4.69) is 0 Å². The van der Waals surface area contributed by atoms with Gasteiger partial charge in [-0.15, -0.1) is 0 Å². The summed E-state index contributed by atoms with van der Waals surface area (Å²) in [6, 6.07) is 28.0. The molecule has 0 saturated heterocycles. The summed E-state index contributed by atoms with van der Waals surface area (Å²) >= 11 is 0. The fourth-order valence-electron chi connectivity index (χ4n) is 3.24. The van der Waals surface area contributed by atoms with Gasteiger partial charge in [0, 0.05) is 22.7 Å². The van der Waals surface area contributed by atoms with Gasteiger partial charge in [0.1, 0.15) is 36.2 Å². The zero-order valence-corrected chi connectivity index (χ0v) is 20.2. The van der Waals surface area contributed by atoms with Gasteiger partial charge >= 0.3 is 0 Å². The topological polar surface area (TPSA) is 150 Å². The molecule has 0 bridgehead atoms. The van der Waals surface area contributed by atoms with Gasteiger partial charge in [-0.2, -0.15) is 0 Å². The van der Waals surface area contributed by atoms with Crippen LogP contribution in [-0.2, 0) is 4.74 Å². The summed E-state index contributed by atoms with van der Waals surface area (Å²) in [7, 11) is 0. The molecule has 0 atom stereocenters. The summed E-state index contributed by atoms with van der Waals surface area (Å²) < 4.78 is 30.0. The van der Waals surface area contributed by atoms with Gasteiger partial charge < -0.3 is 46.6 Å². The largest absolute Gasteiger partial charge is 0.452 e. The average Bonchev–Trinajstić information content (AvgIpc) is 2.89. The Morgan fingerprint density at radius 1 is 0.378 bits per heavy atom. The van der Waals surface area contributed by atoms with Gasteiger partial charge in [-0.1, -0.05) is 0 Å². The Labute approximate surface area is 215 Å². The second-order valence-electron chi connectivity index (χ2n) is 8.14. The molecule has 0 aliphatic heterocycles. The normalized spacial score (nSPS) is 10.9. The Bertz CT molecular complexity index is 1040. The van der Waals surface area contributed by atoms with Crippen LogP contribution in [0.2, 0.25) is 0 Å². The van der Waals surface area contributed by atoms with Crippen molar-refractivity contribution in [1.29, 1.82) is 0 Å². The lowest BCUT2D eigenvalue weighted by Crippen LogP contribution is -2.34. The summed E-state index contributed by atoms with van der Waals surface area (Å²) in [5, 5.41) is 0. The lowest BCUT2D eigenvalue weighted by atomic mass is 10.3.